The van der Waals surface area contributed by atoms with Crippen LogP contribution in [0.2, 0.25) is 0 Å². The Labute approximate surface area is 176 Å². The van der Waals surface area contributed by atoms with Crippen molar-refractivity contribution in [2.75, 3.05) is 17.1 Å². The molecule has 0 heterocycles. The lowest BCUT2D eigenvalue weighted by atomic mass is 10.1. The minimum Gasteiger partial charge on any atom is -0.352 e. The molecule has 0 aliphatic carbocycles. The molecule has 0 bridgehead atoms. The molecule has 1 amide bonds. The van der Waals surface area contributed by atoms with Crippen LogP contribution in [0.25, 0.3) is 0 Å². The lowest BCUT2D eigenvalue weighted by Crippen LogP contribution is -2.29. The first-order valence-electron chi connectivity index (χ1n) is 9.47. The number of sulfonamides is 1. The molecule has 3 aromatic rings. The van der Waals surface area contributed by atoms with Crippen molar-refractivity contribution in [1.29, 1.82) is 0 Å². The number of anilines is 1. The Morgan fingerprint density at radius 3 is 2.10 bits per heavy atom. The summed E-state index contributed by atoms with van der Waals surface area (Å²) < 4.78 is 38.7. The molecule has 0 spiro atoms. The smallest absolute Gasteiger partial charge is 0.251 e. The van der Waals surface area contributed by atoms with Gasteiger partial charge in [-0.2, -0.15) is 0 Å². The third kappa shape index (κ3) is 5.90. The standard InChI is InChI=1S/C23H23FN2O3S/c1-30(28,29)26(22-5-3-2-4-6-22)17-19-7-11-20(12-8-19)23(27)25-16-15-18-9-13-21(24)14-10-18/h2-14H,15-17H2,1H3,(H,25,27). The number of hydrogen-bond acceptors (Lipinski definition) is 3. The van der Waals surface area contributed by atoms with E-state index in [1.54, 1.807) is 60.7 Å². The second-order valence-corrected chi connectivity index (χ2v) is 8.84. The van der Waals surface area contributed by atoms with E-state index < -0.39 is 10.0 Å². The van der Waals surface area contributed by atoms with Gasteiger partial charge in [-0.3, -0.25) is 9.10 Å². The van der Waals surface area contributed by atoms with E-state index in [-0.39, 0.29) is 18.3 Å². The minimum atomic E-state index is -3.45. The molecule has 3 aromatic carbocycles. The highest BCUT2D eigenvalue weighted by Gasteiger charge is 2.17. The van der Waals surface area contributed by atoms with Crippen LogP contribution in [0.4, 0.5) is 10.1 Å². The molecule has 7 heteroatoms. The number of para-hydroxylation sites is 1. The van der Waals surface area contributed by atoms with Crippen molar-refractivity contribution in [2.45, 2.75) is 13.0 Å². The van der Waals surface area contributed by atoms with Crippen molar-refractivity contribution in [3.05, 3.63) is 101 Å². The molecule has 156 valence electrons. The fourth-order valence-electron chi connectivity index (χ4n) is 3.00. The number of nitrogens with zero attached hydrogens (tertiary/aromatic N) is 1. The normalized spacial score (nSPS) is 11.1. The Morgan fingerprint density at radius 2 is 1.50 bits per heavy atom. The van der Waals surface area contributed by atoms with E-state index in [0.29, 0.717) is 24.2 Å². The van der Waals surface area contributed by atoms with Crippen LogP contribution in [-0.4, -0.2) is 27.1 Å². The van der Waals surface area contributed by atoms with E-state index in [1.807, 2.05) is 6.07 Å². The number of rotatable bonds is 8. The van der Waals surface area contributed by atoms with Gasteiger partial charge in [0.1, 0.15) is 5.82 Å². The zero-order valence-corrected chi connectivity index (χ0v) is 17.4. The van der Waals surface area contributed by atoms with Gasteiger partial charge in [-0.15, -0.1) is 0 Å². The number of halogens is 1. The number of amides is 1. The van der Waals surface area contributed by atoms with Crippen LogP contribution in [0.5, 0.6) is 0 Å². The molecule has 3 rings (SSSR count). The summed E-state index contributed by atoms with van der Waals surface area (Å²) in [5.74, 6) is -0.503. The molecule has 0 saturated heterocycles. The highest BCUT2D eigenvalue weighted by molar-refractivity contribution is 7.92. The van der Waals surface area contributed by atoms with Crippen molar-refractivity contribution in [2.24, 2.45) is 0 Å². The van der Waals surface area contributed by atoms with Crippen LogP contribution >= 0.6 is 0 Å². The average molecular weight is 427 g/mol. The first-order valence-corrected chi connectivity index (χ1v) is 11.3. The van der Waals surface area contributed by atoms with E-state index in [4.69, 9.17) is 0 Å². The fourth-order valence-corrected chi connectivity index (χ4v) is 3.88. The maximum absolute atomic E-state index is 12.9. The van der Waals surface area contributed by atoms with Crippen LogP contribution in [0, 0.1) is 5.82 Å². The van der Waals surface area contributed by atoms with E-state index in [0.717, 1.165) is 11.1 Å². The third-order valence-electron chi connectivity index (χ3n) is 4.60. The van der Waals surface area contributed by atoms with Gasteiger partial charge >= 0.3 is 0 Å². The molecular weight excluding hydrogens is 403 g/mol. The van der Waals surface area contributed by atoms with Gasteiger partial charge in [0.15, 0.2) is 0 Å². The maximum Gasteiger partial charge on any atom is 0.251 e. The van der Waals surface area contributed by atoms with Crippen LogP contribution in [0.3, 0.4) is 0 Å². The summed E-state index contributed by atoms with van der Waals surface area (Å²) in [7, 11) is -3.45. The highest BCUT2D eigenvalue weighted by atomic mass is 32.2. The van der Waals surface area contributed by atoms with Gasteiger partial charge in [0, 0.05) is 12.1 Å². The van der Waals surface area contributed by atoms with E-state index >= 15 is 0 Å². The Kier molecular flexibility index (Phi) is 6.84. The van der Waals surface area contributed by atoms with Gasteiger partial charge in [-0.1, -0.05) is 42.5 Å². The number of carbonyl (C=O) groups is 1. The summed E-state index contributed by atoms with van der Waals surface area (Å²) in [5.41, 5.74) is 2.78. The monoisotopic (exact) mass is 426 g/mol. The van der Waals surface area contributed by atoms with Gasteiger partial charge in [0.25, 0.3) is 5.91 Å². The lowest BCUT2D eigenvalue weighted by Gasteiger charge is -2.22. The van der Waals surface area contributed by atoms with Crippen molar-refractivity contribution in [3.8, 4) is 0 Å². The van der Waals surface area contributed by atoms with Gasteiger partial charge in [-0.05, 0) is 53.9 Å². The summed E-state index contributed by atoms with van der Waals surface area (Å²) in [6, 6.07) is 21.9. The first kappa shape index (κ1) is 21.5. The SMILES string of the molecule is CS(=O)(=O)N(Cc1ccc(C(=O)NCCc2ccc(F)cc2)cc1)c1ccccc1. The van der Waals surface area contributed by atoms with Gasteiger partial charge in [0.05, 0.1) is 18.5 Å². The molecule has 0 aromatic heterocycles. The number of hydrogen-bond donors (Lipinski definition) is 1. The molecule has 0 radical (unpaired) electrons. The number of nitrogens with one attached hydrogen (secondary N) is 1. The topological polar surface area (TPSA) is 66.5 Å². The molecule has 0 fully saturated rings. The van der Waals surface area contributed by atoms with Crippen molar-refractivity contribution >= 4 is 21.6 Å². The van der Waals surface area contributed by atoms with E-state index in [9.17, 15) is 17.6 Å². The summed E-state index contributed by atoms with van der Waals surface area (Å²) in [6.07, 6.45) is 1.77. The molecule has 30 heavy (non-hydrogen) atoms. The Morgan fingerprint density at radius 1 is 0.900 bits per heavy atom. The minimum absolute atomic E-state index is 0.176. The van der Waals surface area contributed by atoms with Gasteiger partial charge in [-0.25, -0.2) is 12.8 Å². The molecular formula is C23H23FN2O3S. The molecule has 0 atom stereocenters. The Hall–Kier alpha value is -3.19. The molecule has 0 aliphatic heterocycles. The van der Waals surface area contributed by atoms with Crippen LogP contribution < -0.4 is 9.62 Å². The first-order chi connectivity index (χ1) is 14.3. The Bertz CT molecular complexity index is 1080. The lowest BCUT2D eigenvalue weighted by molar-refractivity contribution is 0.0954. The fraction of sp³-hybridized carbons (Fsp3) is 0.174. The molecule has 0 aliphatic rings. The van der Waals surface area contributed by atoms with Gasteiger partial charge in [0.2, 0.25) is 10.0 Å². The van der Waals surface area contributed by atoms with Crippen LogP contribution in [0.15, 0.2) is 78.9 Å². The molecule has 0 unspecified atom stereocenters. The van der Waals surface area contributed by atoms with E-state index in [1.165, 1.54) is 22.7 Å². The number of carbonyl (C=O) groups excluding carboxylic acids is 1. The summed E-state index contributed by atoms with van der Waals surface area (Å²) >= 11 is 0. The summed E-state index contributed by atoms with van der Waals surface area (Å²) in [4.78, 5) is 12.3. The second kappa shape index (κ2) is 9.54. The van der Waals surface area contributed by atoms with Gasteiger partial charge < -0.3 is 5.32 Å². The predicted octanol–water partition coefficient (Wildman–Crippen LogP) is 3.76. The summed E-state index contributed by atoms with van der Waals surface area (Å²) in [5, 5.41) is 2.83. The number of benzene rings is 3. The zero-order valence-electron chi connectivity index (χ0n) is 16.6. The van der Waals surface area contributed by atoms with Crippen molar-refractivity contribution in [3.63, 3.8) is 0 Å². The van der Waals surface area contributed by atoms with Crippen molar-refractivity contribution in [1.82, 2.24) is 5.32 Å². The average Bonchev–Trinajstić information content (AvgIpc) is 2.73. The quantitative estimate of drug-likeness (QED) is 0.596. The molecule has 1 N–H and O–H groups in total. The second-order valence-electron chi connectivity index (χ2n) is 6.93. The van der Waals surface area contributed by atoms with Crippen molar-refractivity contribution < 1.29 is 17.6 Å². The zero-order chi connectivity index (χ0) is 21.6. The third-order valence-corrected chi connectivity index (χ3v) is 5.74. The molecule has 5 nitrogen and oxygen atoms in total. The maximum atomic E-state index is 12.9. The molecule has 0 saturated carbocycles. The van der Waals surface area contributed by atoms with E-state index in [2.05, 4.69) is 5.32 Å². The predicted molar refractivity (Wildman–Crippen MR) is 116 cm³/mol. The largest absolute Gasteiger partial charge is 0.352 e. The van der Waals surface area contributed by atoms with Crippen LogP contribution in [-0.2, 0) is 23.0 Å². The van der Waals surface area contributed by atoms with Crippen LogP contribution in [0.1, 0.15) is 21.5 Å². The Balaban J connectivity index is 1.60. The highest BCUT2D eigenvalue weighted by Crippen LogP contribution is 2.20. The summed E-state index contributed by atoms with van der Waals surface area (Å²) in [6.45, 7) is 0.609.